The van der Waals surface area contributed by atoms with Crippen molar-refractivity contribution in [2.75, 3.05) is 0 Å². The van der Waals surface area contributed by atoms with Gasteiger partial charge in [0.15, 0.2) is 5.69 Å². The van der Waals surface area contributed by atoms with Crippen LogP contribution in [0.25, 0.3) is 0 Å². The van der Waals surface area contributed by atoms with Crippen LogP contribution in [-0.4, -0.2) is 20.9 Å². The Bertz CT molecular complexity index is 344. The average molecular weight is 245 g/mol. The van der Waals surface area contributed by atoms with Crippen LogP contribution in [0.3, 0.4) is 0 Å². The smallest absolute Gasteiger partial charge is 0.355 e. The van der Waals surface area contributed by atoms with Gasteiger partial charge in [0.1, 0.15) is 0 Å². The fourth-order valence-corrected chi connectivity index (χ4v) is 1.72. The van der Waals surface area contributed by atoms with E-state index in [0.29, 0.717) is 10.4 Å². The van der Waals surface area contributed by atoms with Crippen molar-refractivity contribution in [3.63, 3.8) is 0 Å². The molecule has 13 heavy (non-hydrogen) atoms. The maximum absolute atomic E-state index is 10.8. The third-order valence-electron chi connectivity index (χ3n) is 2.13. The highest BCUT2D eigenvalue weighted by Crippen LogP contribution is 2.31. The van der Waals surface area contributed by atoms with Gasteiger partial charge in [0.25, 0.3) is 0 Å². The second kappa shape index (κ2) is 3.14. The molecular formula is C8H9BrN2O2. The maximum atomic E-state index is 10.8. The zero-order valence-electron chi connectivity index (χ0n) is 6.90. The van der Waals surface area contributed by atoms with E-state index in [0.717, 1.165) is 6.54 Å². The monoisotopic (exact) mass is 244 g/mol. The van der Waals surface area contributed by atoms with Crippen molar-refractivity contribution in [3.05, 3.63) is 16.4 Å². The Morgan fingerprint density at radius 2 is 2.46 bits per heavy atom. The first kappa shape index (κ1) is 8.74. The molecule has 0 radical (unpaired) electrons. The van der Waals surface area contributed by atoms with Crippen molar-refractivity contribution in [3.8, 4) is 0 Å². The molecular weight excluding hydrogens is 236 g/mol. The van der Waals surface area contributed by atoms with Crippen LogP contribution in [0.1, 0.15) is 23.3 Å². The molecule has 1 saturated carbocycles. The lowest BCUT2D eigenvalue weighted by atomic mass is 10.4. The zero-order chi connectivity index (χ0) is 9.42. The van der Waals surface area contributed by atoms with Crippen molar-refractivity contribution in [2.45, 2.75) is 19.4 Å². The summed E-state index contributed by atoms with van der Waals surface area (Å²) in [5, 5.41) is 12.9. The van der Waals surface area contributed by atoms with Crippen LogP contribution in [0, 0.1) is 5.92 Å². The molecule has 0 unspecified atom stereocenters. The van der Waals surface area contributed by atoms with E-state index in [1.54, 1.807) is 4.68 Å². The molecule has 0 spiro atoms. The standard InChI is InChI=1S/C8H9BrN2O2/c9-6-3-10-11(4-5-1-2-5)7(6)8(12)13/h3,5H,1-2,4H2,(H,12,13). The molecule has 1 aliphatic rings. The number of carboxylic acids is 1. The second-order valence-corrected chi connectivity index (χ2v) is 4.13. The summed E-state index contributed by atoms with van der Waals surface area (Å²) in [5.41, 5.74) is 0.256. The van der Waals surface area contributed by atoms with E-state index in [9.17, 15) is 4.79 Å². The molecule has 4 nitrogen and oxygen atoms in total. The predicted molar refractivity (Wildman–Crippen MR) is 49.6 cm³/mol. The molecule has 0 aliphatic heterocycles. The van der Waals surface area contributed by atoms with Crippen LogP contribution < -0.4 is 0 Å². The molecule has 1 aromatic rings. The topological polar surface area (TPSA) is 55.1 Å². The van der Waals surface area contributed by atoms with E-state index >= 15 is 0 Å². The molecule has 1 N–H and O–H groups in total. The zero-order valence-corrected chi connectivity index (χ0v) is 8.49. The summed E-state index contributed by atoms with van der Waals surface area (Å²) in [6.45, 7) is 0.729. The Labute approximate surface area is 83.7 Å². The van der Waals surface area contributed by atoms with Crippen LogP contribution in [0.15, 0.2) is 10.7 Å². The van der Waals surface area contributed by atoms with Crippen LogP contribution in [-0.2, 0) is 6.54 Å². The Morgan fingerprint density at radius 1 is 1.77 bits per heavy atom. The van der Waals surface area contributed by atoms with Gasteiger partial charge < -0.3 is 5.11 Å². The highest BCUT2D eigenvalue weighted by molar-refractivity contribution is 9.10. The second-order valence-electron chi connectivity index (χ2n) is 3.27. The lowest BCUT2D eigenvalue weighted by molar-refractivity contribution is 0.0681. The summed E-state index contributed by atoms with van der Waals surface area (Å²) in [6.07, 6.45) is 3.92. The number of rotatable bonds is 3. The molecule has 2 rings (SSSR count). The molecule has 1 fully saturated rings. The van der Waals surface area contributed by atoms with Crippen LogP contribution in [0.4, 0.5) is 0 Å². The normalized spacial score (nSPS) is 16.1. The van der Waals surface area contributed by atoms with Gasteiger partial charge in [-0.25, -0.2) is 4.79 Å². The van der Waals surface area contributed by atoms with Gasteiger partial charge in [-0.2, -0.15) is 5.10 Å². The first-order valence-corrected chi connectivity index (χ1v) is 4.92. The minimum atomic E-state index is -0.926. The molecule has 1 heterocycles. The third-order valence-corrected chi connectivity index (χ3v) is 2.71. The van der Waals surface area contributed by atoms with E-state index in [-0.39, 0.29) is 5.69 Å². The number of carboxylic acid groups (broad SMARTS) is 1. The molecule has 0 bridgehead atoms. The summed E-state index contributed by atoms with van der Waals surface area (Å²) in [4.78, 5) is 10.8. The van der Waals surface area contributed by atoms with Gasteiger partial charge >= 0.3 is 5.97 Å². The first-order valence-electron chi connectivity index (χ1n) is 4.13. The van der Waals surface area contributed by atoms with Crippen molar-refractivity contribution in [1.29, 1.82) is 0 Å². The van der Waals surface area contributed by atoms with Gasteiger partial charge in [0, 0.05) is 6.54 Å². The fraction of sp³-hybridized carbons (Fsp3) is 0.500. The van der Waals surface area contributed by atoms with E-state index in [1.807, 2.05) is 0 Å². The SMILES string of the molecule is O=C(O)c1c(Br)cnn1CC1CC1. The molecule has 0 amide bonds. The Morgan fingerprint density at radius 3 is 3.00 bits per heavy atom. The summed E-state index contributed by atoms with van der Waals surface area (Å²) >= 11 is 3.16. The molecule has 0 atom stereocenters. The molecule has 0 aromatic carbocycles. The molecule has 0 saturated heterocycles. The van der Waals surface area contributed by atoms with Crippen molar-refractivity contribution in [1.82, 2.24) is 9.78 Å². The van der Waals surface area contributed by atoms with Crippen molar-refractivity contribution >= 4 is 21.9 Å². The lowest BCUT2D eigenvalue weighted by Gasteiger charge is -2.02. The number of hydrogen-bond donors (Lipinski definition) is 1. The van der Waals surface area contributed by atoms with E-state index in [2.05, 4.69) is 21.0 Å². The number of aromatic nitrogens is 2. The fourth-order valence-electron chi connectivity index (χ4n) is 1.26. The van der Waals surface area contributed by atoms with Crippen LogP contribution in [0.5, 0.6) is 0 Å². The van der Waals surface area contributed by atoms with E-state index in [4.69, 9.17) is 5.11 Å². The summed E-state index contributed by atoms with van der Waals surface area (Å²) in [7, 11) is 0. The number of hydrogen-bond acceptors (Lipinski definition) is 2. The number of carbonyl (C=O) groups is 1. The van der Waals surface area contributed by atoms with Crippen molar-refractivity contribution in [2.24, 2.45) is 5.92 Å². The van der Waals surface area contributed by atoms with Gasteiger partial charge in [-0.1, -0.05) is 0 Å². The van der Waals surface area contributed by atoms with Gasteiger partial charge in [-0.15, -0.1) is 0 Å². The molecule has 5 heteroatoms. The van der Waals surface area contributed by atoms with Crippen molar-refractivity contribution < 1.29 is 9.90 Å². The van der Waals surface area contributed by atoms with Crippen LogP contribution in [0.2, 0.25) is 0 Å². The van der Waals surface area contributed by atoms with Crippen LogP contribution >= 0.6 is 15.9 Å². The van der Waals surface area contributed by atoms with Gasteiger partial charge in [-0.05, 0) is 34.7 Å². The predicted octanol–water partition coefficient (Wildman–Crippen LogP) is 1.75. The Kier molecular flexibility index (Phi) is 2.11. The largest absolute Gasteiger partial charge is 0.476 e. The number of aromatic carboxylic acids is 1. The highest BCUT2D eigenvalue weighted by Gasteiger charge is 2.25. The summed E-state index contributed by atoms with van der Waals surface area (Å²) in [6, 6.07) is 0. The van der Waals surface area contributed by atoms with E-state index in [1.165, 1.54) is 19.0 Å². The third kappa shape index (κ3) is 1.75. The summed E-state index contributed by atoms with van der Waals surface area (Å²) < 4.78 is 2.12. The molecule has 1 aromatic heterocycles. The highest BCUT2D eigenvalue weighted by atomic mass is 79.9. The van der Waals surface area contributed by atoms with Gasteiger partial charge in [0.05, 0.1) is 10.7 Å². The lowest BCUT2D eigenvalue weighted by Crippen LogP contribution is -2.11. The van der Waals surface area contributed by atoms with E-state index < -0.39 is 5.97 Å². The molecule has 1 aliphatic carbocycles. The Hall–Kier alpha value is -0.840. The number of halogens is 1. The van der Waals surface area contributed by atoms with Gasteiger partial charge in [-0.3, -0.25) is 4.68 Å². The maximum Gasteiger partial charge on any atom is 0.355 e. The van der Waals surface area contributed by atoms with Gasteiger partial charge in [0.2, 0.25) is 0 Å². The minimum Gasteiger partial charge on any atom is -0.476 e. The Balaban J connectivity index is 2.27. The first-order chi connectivity index (χ1) is 6.18. The molecule has 70 valence electrons. The minimum absolute atomic E-state index is 0.256. The average Bonchev–Trinajstić information content (AvgIpc) is 2.76. The number of nitrogens with zero attached hydrogens (tertiary/aromatic N) is 2. The quantitative estimate of drug-likeness (QED) is 0.882. The summed E-state index contributed by atoms with van der Waals surface area (Å²) in [5.74, 6) is -0.296.